The molecule has 7 nitrogen and oxygen atoms in total. The first-order valence-electron chi connectivity index (χ1n) is 7.56. The molecule has 0 amide bonds. The third-order valence-corrected chi connectivity index (χ3v) is 3.21. The van der Waals surface area contributed by atoms with E-state index < -0.39 is 0 Å². The first-order valence-corrected chi connectivity index (χ1v) is 7.56. The summed E-state index contributed by atoms with van der Waals surface area (Å²) < 4.78 is 5.61. The molecule has 2 aromatic rings. The number of nitriles is 1. The van der Waals surface area contributed by atoms with E-state index in [0.717, 1.165) is 0 Å². The van der Waals surface area contributed by atoms with E-state index in [-0.39, 0.29) is 5.90 Å². The van der Waals surface area contributed by atoms with Crippen molar-refractivity contribution in [3.05, 3.63) is 66.0 Å². The van der Waals surface area contributed by atoms with E-state index in [2.05, 4.69) is 27.9 Å². The molecule has 1 aromatic carbocycles. The standard InChI is InChI=1S/C18H19N5O2/c1-13(17-5-3-4-6-22-17)23-18(25-20)15-9-14(12-19)10-16(11-15)24-8-7-21-2/h3-6,9-11,21H,1,7-8,20H2,2H3. The van der Waals surface area contributed by atoms with Crippen molar-refractivity contribution in [1.29, 1.82) is 5.26 Å². The molecule has 0 aliphatic heterocycles. The molecule has 3 N–H and O–H groups in total. The Morgan fingerprint density at radius 3 is 2.88 bits per heavy atom. The minimum absolute atomic E-state index is 0.117. The first-order chi connectivity index (χ1) is 12.2. The molecule has 0 aliphatic rings. The summed E-state index contributed by atoms with van der Waals surface area (Å²) >= 11 is 0. The van der Waals surface area contributed by atoms with Gasteiger partial charge in [-0.05, 0) is 37.4 Å². The van der Waals surface area contributed by atoms with Gasteiger partial charge in [-0.25, -0.2) is 4.99 Å². The summed E-state index contributed by atoms with van der Waals surface area (Å²) in [6.07, 6.45) is 1.64. The number of nitrogens with two attached hydrogens (primary N) is 1. The van der Waals surface area contributed by atoms with Crippen LogP contribution in [0.2, 0.25) is 0 Å². The van der Waals surface area contributed by atoms with Crippen LogP contribution in [0, 0.1) is 11.3 Å². The zero-order chi connectivity index (χ0) is 18.1. The van der Waals surface area contributed by atoms with Crippen LogP contribution in [-0.4, -0.2) is 31.1 Å². The predicted octanol–water partition coefficient (Wildman–Crippen LogP) is 1.86. The Hall–Kier alpha value is -3.21. The van der Waals surface area contributed by atoms with Gasteiger partial charge in [0.05, 0.1) is 23.0 Å². The van der Waals surface area contributed by atoms with Crippen molar-refractivity contribution in [2.24, 2.45) is 10.9 Å². The van der Waals surface area contributed by atoms with Gasteiger partial charge in [-0.15, -0.1) is 0 Å². The molecule has 0 radical (unpaired) electrons. The van der Waals surface area contributed by atoms with Crippen LogP contribution >= 0.6 is 0 Å². The van der Waals surface area contributed by atoms with E-state index in [0.29, 0.717) is 41.4 Å². The number of rotatable bonds is 7. The average molecular weight is 337 g/mol. The van der Waals surface area contributed by atoms with E-state index >= 15 is 0 Å². The maximum atomic E-state index is 9.22. The summed E-state index contributed by atoms with van der Waals surface area (Å²) in [5.41, 5.74) is 1.91. The molecule has 0 bridgehead atoms. The highest BCUT2D eigenvalue weighted by Gasteiger charge is 2.11. The molecule has 25 heavy (non-hydrogen) atoms. The SMILES string of the molecule is C=C(N=C(ON)c1cc(C#N)cc(OCCNC)c1)c1ccccn1. The second-order valence-electron chi connectivity index (χ2n) is 5.01. The molecule has 7 heteroatoms. The van der Waals surface area contributed by atoms with Gasteiger partial charge in [0.2, 0.25) is 5.90 Å². The van der Waals surface area contributed by atoms with Gasteiger partial charge in [-0.1, -0.05) is 12.6 Å². The van der Waals surface area contributed by atoms with Crippen molar-refractivity contribution in [1.82, 2.24) is 10.3 Å². The Bertz CT molecular complexity index is 797. The van der Waals surface area contributed by atoms with E-state index in [4.69, 9.17) is 15.5 Å². The van der Waals surface area contributed by atoms with Crippen LogP contribution in [0.4, 0.5) is 0 Å². The minimum atomic E-state index is 0.117. The van der Waals surface area contributed by atoms with Crippen molar-refractivity contribution in [2.45, 2.75) is 0 Å². The number of benzene rings is 1. The molecule has 0 aliphatic carbocycles. The van der Waals surface area contributed by atoms with Crippen molar-refractivity contribution < 1.29 is 9.57 Å². The largest absolute Gasteiger partial charge is 0.492 e. The van der Waals surface area contributed by atoms with Gasteiger partial charge in [-0.3, -0.25) is 4.98 Å². The van der Waals surface area contributed by atoms with Crippen LogP contribution in [-0.2, 0) is 4.84 Å². The van der Waals surface area contributed by atoms with Crippen molar-refractivity contribution in [2.75, 3.05) is 20.2 Å². The molecule has 0 unspecified atom stereocenters. The number of likely N-dealkylation sites (N-methyl/N-ethyl adjacent to an activating group) is 1. The zero-order valence-electron chi connectivity index (χ0n) is 13.9. The van der Waals surface area contributed by atoms with Crippen LogP contribution in [0.25, 0.3) is 5.70 Å². The van der Waals surface area contributed by atoms with Gasteiger partial charge in [0.1, 0.15) is 12.4 Å². The predicted molar refractivity (Wildman–Crippen MR) is 95.7 cm³/mol. The third kappa shape index (κ3) is 5.14. The average Bonchev–Trinajstić information content (AvgIpc) is 2.66. The number of pyridine rings is 1. The normalized spacial score (nSPS) is 10.8. The number of hydrogen-bond donors (Lipinski definition) is 2. The lowest BCUT2D eigenvalue weighted by Gasteiger charge is -2.10. The number of aromatic nitrogens is 1. The van der Waals surface area contributed by atoms with Crippen molar-refractivity contribution in [3.8, 4) is 11.8 Å². The highest BCUT2D eigenvalue weighted by molar-refractivity contribution is 5.97. The van der Waals surface area contributed by atoms with E-state index in [9.17, 15) is 5.26 Å². The molecule has 0 spiro atoms. The molecule has 1 heterocycles. The summed E-state index contributed by atoms with van der Waals surface area (Å²) in [6, 6.07) is 12.4. The smallest absolute Gasteiger partial charge is 0.245 e. The summed E-state index contributed by atoms with van der Waals surface area (Å²) in [7, 11) is 1.83. The minimum Gasteiger partial charge on any atom is -0.492 e. The maximum Gasteiger partial charge on any atom is 0.245 e. The molecule has 1 aromatic heterocycles. The summed E-state index contributed by atoms with van der Waals surface area (Å²) in [5, 5.41) is 12.2. The van der Waals surface area contributed by atoms with Gasteiger partial charge >= 0.3 is 0 Å². The number of nitrogens with one attached hydrogen (secondary N) is 1. The second-order valence-corrected chi connectivity index (χ2v) is 5.01. The fraction of sp³-hybridized carbons (Fsp3) is 0.167. The number of nitrogens with zero attached hydrogens (tertiary/aromatic N) is 3. The second kappa shape index (κ2) is 9.17. The van der Waals surface area contributed by atoms with Crippen LogP contribution in [0.15, 0.2) is 54.2 Å². The van der Waals surface area contributed by atoms with Gasteiger partial charge in [-0.2, -0.15) is 11.2 Å². The Labute approximate surface area is 146 Å². The molecule has 0 fully saturated rings. The number of aliphatic imine (C=N–C) groups is 1. The molecular weight excluding hydrogens is 318 g/mol. The van der Waals surface area contributed by atoms with Crippen LogP contribution in [0.1, 0.15) is 16.8 Å². The maximum absolute atomic E-state index is 9.22. The lowest BCUT2D eigenvalue weighted by Crippen LogP contribution is -2.16. The molecule has 2 rings (SSSR count). The van der Waals surface area contributed by atoms with Crippen LogP contribution < -0.4 is 16.0 Å². The molecule has 128 valence electrons. The highest BCUT2D eigenvalue weighted by atomic mass is 16.6. The zero-order valence-corrected chi connectivity index (χ0v) is 13.9. The van der Waals surface area contributed by atoms with E-state index in [1.54, 1.807) is 36.5 Å². The van der Waals surface area contributed by atoms with Crippen LogP contribution in [0.5, 0.6) is 5.75 Å². The fourth-order valence-electron chi connectivity index (χ4n) is 2.01. The first kappa shape index (κ1) is 18.1. The van der Waals surface area contributed by atoms with Gasteiger partial charge < -0.3 is 14.9 Å². The lowest BCUT2D eigenvalue weighted by molar-refractivity contribution is 0.315. The molecule has 0 atom stereocenters. The van der Waals surface area contributed by atoms with Gasteiger partial charge in [0, 0.05) is 18.3 Å². The molecule has 0 saturated carbocycles. The van der Waals surface area contributed by atoms with E-state index in [1.807, 2.05) is 13.1 Å². The summed E-state index contributed by atoms with van der Waals surface area (Å²) in [5.74, 6) is 6.01. The fourth-order valence-corrected chi connectivity index (χ4v) is 2.01. The Balaban J connectivity index is 2.32. The van der Waals surface area contributed by atoms with Crippen molar-refractivity contribution >= 4 is 11.6 Å². The highest BCUT2D eigenvalue weighted by Crippen LogP contribution is 2.20. The topological polar surface area (TPSA) is 106 Å². The van der Waals surface area contributed by atoms with Gasteiger partial charge in [0.15, 0.2) is 0 Å². The Kier molecular flexibility index (Phi) is 6.65. The van der Waals surface area contributed by atoms with Gasteiger partial charge in [0.25, 0.3) is 0 Å². The van der Waals surface area contributed by atoms with Crippen molar-refractivity contribution in [3.63, 3.8) is 0 Å². The van der Waals surface area contributed by atoms with Crippen LogP contribution in [0.3, 0.4) is 0 Å². The quantitative estimate of drug-likeness (QED) is 0.346. The number of hydrogen-bond acceptors (Lipinski definition) is 7. The Morgan fingerprint density at radius 1 is 1.40 bits per heavy atom. The molecule has 0 saturated heterocycles. The summed E-state index contributed by atoms with van der Waals surface area (Å²) in [4.78, 5) is 13.4. The lowest BCUT2D eigenvalue weighted by atomic mass is 10.1. The molecular formula is C18H19N5O2. The third-order valence-electron chi connectivity index (χ3n) is 3.21. The Morgan fingerprint density at radius 2 is 2.24 bits per heavy atom. The van der Waals surface area contributed by atoms with E-state index in [1.165, 1.54) is 0 Å². The monoisotopic (exact) mass is 337 g/mol. The number of ether oxygens (including phenoxy) is 1. The summed E-state index contributed by atoms with van der Waals surface area (Å²) in [6.45, 7) is 5.01.